The second kappa shape index (κ2) is 11.6. The number of nitrogens with zero attached hydrogens (tertiary/aromatic N) is 2. The minimum Gasteiger partial charge on any atom is -0.351 e. The van der Waals surface area contributed by atoms with Gasteiger partial charge in [0.15, 0.2) is 5.67 Å². The number of halogens is 1. The van der Waals surface area contributed by atoms with Crippen molar-refractivity contribution in [2.45, 2.75) is 77.7 Å². The van der Waals surface area contributed by atoms with Crippen LogP contribution in [-0.2, 0) is 20.9 Å². The van der Waals surface area contributed by atoms with Crippen LogP contribution in [-0.4, -0.2) is 59.3 Å². The molecule has 2 N–H and O–H groups in total. The third-order valence-electron chi connectivity index (χ3n) is 6.70. The summed E-state index contributed by atoms with van der Waals surface area (Å²) in [6.07, 6.45) is 3.27. The SMILES string of the molecule is CC(C)(C)C(C=O)NC(=O)C1(F)CC1.Cc1ncsc1-c1ccc(CNC(=O)C2CCCN2C)cc1. The van der Waals surface area contributed by atoms with Gasteiger partial charge in [0.25, 0.3) is 5.91 Å². The molecule has 2 aliphatic rings. The Labute approximate surface area is 216 Å². The Morgan fingerprint density at radius 2 is 1.94 bits per heavy atom. The van der Waals surface area contributed by atoms with Gasteiger partial charge in [-0.05, 0) is 62.7 Å². The van der Waals surface area contributed by atoms with Gasteiger partial charge in [0, 0.05) is 6.54 Å². The van der Waals surface area contributed by atoms with E-state index in [1.807, 2.05) is 40.3 Å². The number of benzene rings is 1. The van der Waals surface area contributed by atoms with E-state index < -0.39 is 17.6 Å². The van der Waals surface area contributed by atoms with Crippen LogP contribution in [0.4, 0.5) is 4.39 Å². The quantitative estimate of drug-likeness (QED) is 0.542. The van der Waals surface area contributed by atoms with E-state index in [4.69, 9.17) is 0 Å². The maximum absolute atomic E-state index is 13.3. The van der Waals surface area contributed by atoms with Gasteiger partial charge in [0.05, 0.1) is 28.2 Å². The van der Waals surface area contributed by atoms with Gasteiger partial charge in [-0.25, -0.2) is 9.37 Å². The lowest BCUT2D eigenvalue weighted by atomic mass is 9.87. The molecule has 0 spiro atoms. The molecule has 196 valence electrons. The fraction of sp³-hybridized carbons (Fsp3) is 0.556. The largest absolute Gasteiger partial charge is 0.351 e. The number of rotatable bonds is 7. The van der Waals surface area contributed by atoms with E-state index in [9.17, 15) is 18.8 Å². The van der Waals surface area contributed by atoms with Gasteiger partial charge in [-0.15, -0.1) is 11.3 Å². The molecule has 2 aromatic rings. The molecule has 1 saturated heterocycles. The van der Waals surface area contributed by atoms with Crippen LogP contribution in [0.3, 0.4) is 0 Å². The highest BCUT2D eigenvalue weighted by Crippen LogP contribution is 2.40. The van der Waals surface area contributed by atoms with Crippen LogP contribution in [0.15, 0.2) is 29.8 Å². The molecular weight excluding hydrogens is 479 g/mol. The third kappa shape index (κ3) is 7.20. The minimum atomic E-state index is -1.70. The summed E-state index contributed by atoms with van der Waals surface area (Å²) in [5.74, 6) is -0.507. The Balaban J connectivity index is 0.000000223. The van der Waals surface area contributed by atoms with Crippen molar-refractivity contribution in [3.8, 4) is 10.4 Å². The Morgan fingerprint density at radius 3 is 2.42 bits per heavy atom. The fourth-order valence-electron chi connectivity index (χ4n) is 3.96. The van der Waals surface area contributed by atoms with E-state index in [2.05, 4.69) is 44.8 Å². The highest BCUT2D eigenvalue weighted by Gasteiger charge is 2.51. The summed E-state index contributed by atoms with van der Waals surface area (Å²) in [4.78, 5) is 41.8. The monoisotopic (exact) mass is 516 g/mol. The summed E-state index contributed by atoms with van der Waals surface area (Å²) in [6.45, 7) is 9.10. The molecule has 7 nitrogen and oxygen atoms in total. The van der Waals surface area contributed by atoms with Crippen molar-refractivity contribution in [1.29, 1.82) is 0 Å². The van der Waals surface area contributed by atoms with Crippen LogP contribution < -0.4 is 10.6 Å². The first kappa shape index (κ1) is 27.9. The number of likely N-dealkylation sites (tertiary alicyclic amines) is 1. The highest BCUT2D eigenvalue weighted by molar-refractivity contribution is 7.13. The van der Waals surface area contributed by atoms with Gasteiger partial charge >= 0.3 is 0 Å². The predicted octanol–water partition coefficient (Wildman–Crippen LogP) is 4.05. The van der Waals surface area contributed by atoms with Crippen molar-refractivity contribution < 1.29 is 18.8 Å². The maximum Gasteiger partial charge on any atom is 0.258 e. The van der Waals surface area contributed by atoms with E-state index in [1.165, 1.54) is 10.4 Å². The van der Waals surface area contributed by atoms with Gasteiger partial charge < -0.3 is 15.4 Å². The molecule has 2 unspecified atom stereocenters. The first-order valence-electron chi connectivity index (χ1n) is 12.4. The van der Waals surface area contributed by atoms with Gasteiger partial charge in [0.1, 0.15) is 6.29 Å². The number of aryl methyl sites for hydroxylation is 1. The van der Waals surface area contributed by atoms with Crippen LogP contribution >= 0.6 is 11.3 Å². The molecule has 9 heteroatoms. The number of carbonyl (C=O) groups excluding carboxylic acids is 3. The Kier molecular flexibility index (Phi) is 9.00. The van der Waals surface area contributed by atoms with Gasteiger partial charge in [0.2, 0.25) is 5.91 Å². The van der Waals surface area contributed by atoms with Crippen LogP contribution in [0.25, 0.3) is 10.4 Å². The topological polar surface area (TPSA) is 91.4 Å². The molecule has 1 saturated carbocycles. The van der Waals surface area contributed by atoms with E-state index in [1.54, 1.807) is 11.3 Å². The molecule has 2 fully saturated rings. The number of hydrogen-bond acceptors (Lipinski definition) is 6. The molecule has 36 heavy (non-hydrogen) atoms. The van der Waals surface area contributed by atoms with E-state index in [0.717, 1.165) is 30.6 Å². The first-order valence-corrected chi connectivity index (χ1v) is 13.2. The highest BCUT2D eigenvalue weighted by atomic mass is 32.1. The first-order chi connectivity index (χ1) is 16.9. The van der Waals surface area contributed by atoms with E-state index in [0.29, 0.717) is 12.8 Å². The van der Waals surface area contributed by atoms with Crippen molar-refractivity contribution in [1.82, 2.24) is 20.5 Å². The lowest BCUT2D eigenvalue weighted by molar-refractivity contribution is -0.131. The maximum atomic E-state index is 13.3. The Morgan fingerprint density at radius 1 is 1.28 bits per heavy atom. The number of likely N-dealkylation sites (N-methyl/N-ethyl adjacent to an activating group) is 1. The smallest absolute Gasteiger partial charge is 0.258 e. The van der Waals surface area contributed by atoms with Crippen molar-refractivity contribution >= 4 is 29.4 Å². The summed E-state index contributed by atoms with van der Waals surface area (Å²) in [6, 6.07) is 7.77. The number of alkyl halides is 1. The molecule has 1 aromatic carbocycles. The molecule has 0 radical (unpaired) electrons. The Hall–Kier alpha value is -2.65. The summed E-state index contributed by atoms with van der Waals surface area (Å²) in [5, 5.41) is 5.47. The van der Waals surface area contributed by atoms with E-state index in [-0.39, 0.29) is 30.2 Å². The second-order valence-electron chi connectivity index (χ2n) is 10.7. The number of thiazole rings is 1. The van der Waals surface area contributed by atoms with Crippen molar-refractivity contribution in [3.63, 3.8) is 0 Å². The number of nitrogens with one attached hydrogen (secondary N) is 2. The zero-order valence-electron chi connectivity index (χ0n) is 21.8. The molecule has 0 bridgehead atoms. The van der Waals surface area contributed by atoms with Crippen LogP contribution in [0.5, 0.6) is 0 Å². The van der Waals surface area contributed by atoms with Crippen molar-refractivity contribution in [2.24, 2.45) is 5.41 Å². The summed E-state index contributed by atoms with van der Waals surface area (Å²) >= 11 is 1.66. The predicted molar refractivity (Wildman–Crippen MR) is 140 cm³/mol. The number of aldehydes is 1. The number of hydrogen-bond donors (Lipinski definition) is 2. The van der Waals surface area contributed by atoms with Crippen LogP contribution in [0.2, 0.25) is 0 Å². The van der Waals surface area contributed by atoms with Gasteiger partial charge in [-0.2, -0.15) is 0 Å². The average molecular weight is 517 g/mol. The Bertz CT molecular complexity index is 1060. The lowest BCUT2D eigenvalue weighted by Crippen LogP contribution is -2.48. The van der Waals surface area contributed by atoms with Crippen LogP contribution in [0, 0.1) is 12.3 Å². The molecule has 1 aliphatic carbocycles. The summed E-state index contributed by atoms with van der Waals surface area (Å²) in [7, 11) is 2.02. The van der Waals surface area contributed by atoms with Gasteiger partial charge in [-0.1, -0.05) is 45.0 Å². The summed E-state index contributed by atoms with van der Waals surface area (Å²) < 4.78 is 13.3. The normalized spacial score (nSPS) is 19.6. The molecule has 4 rings (SSSR count). The van der Waals surface area contributed by atoms with Gasteiger partial charge in [-0.3, -0.25) is 14.5 Å². The number of amides is 2. The van der Waals surface area contributed by atoms with Crippen LogP contribution in [0.1, 0.15) is 57.7 Å². The molecular formula is C27H37FN4O3S. The molecule has 2 amide bonds. The lowest BCUT2D eigenvalue weighted by Gasteiger charge is -2.27. The third-order valence-corrected chi connectivity index (χ3v) is 7.68. The molecule has 1 aromatic heterocycles. The van der Waals surface area contributed by atoms with Crippen molar-refractivity contribution in [2.75, 3.05) is 13.6 Å². The second-order valence-corrected chi connectivity index (χ2v) is 11.6. The standard InChI is InChI=1S/C17H21N3OS.C10H16FNO2/c1-12-16(22-11-19-12)14-7-5-13(6-8-14)10-18-17(21)15-4-3-9-20(15)2;1-9(2,3)7(6-13)12-8(14)10(11)4-5-10/h5-8,11,15H,3-4,9-10H2,1-2H3,(H,18,21);6-7H,4-5H2,1-3H3,(H,12,14). The minimum absolute atomic E-state index is 0.0408. The molecule has 2 heterocycles. The van der Waals surface area contributed by atoms with Crippen molar-refractivity contribution in [3.05, 3.63) is 41.0 Å². The average Bonchev–Trinajstić information content (AvgIpc) is 3.22. The number of carbonyl (C=O) groups is 3. The number of aromatic nitrogens is 1. The molecule has 1 aliphatic heterocycles. The van der Waals surface area contributed by atoms with E-state index >= 15 is 0 Å². The fourth-order valence-corrected chi connectivity index (χ4v) is 4.78. The zero-order valence-corrected chi connectivity index (χ0v) is 22.6. The summed E-state index contributed by atoms with van der Waals surface area (Å²) in [5.41, 5.74) is 3.17. The zero-order chi connectivity index (χ0) is 26.5. The molecule has 2 atom stereocenters.